The average molecular weight is 404 g/mol. The third-order valence-electron chi connectivity index (χ3n) is 3.98. The molecule has 1 heterocycles. The fourth-order valence-electron chi connectivity index (χ4n) is 2.49. The van der Waals surface area contributed by atoms with Crippen LogP contribution < -0.4 is 4.74 Å². The Hall–Kier alpha value is -2.93. The number of hydrogen-bond donors (Lipinski definition) is 0. The molecule has 0 aliphatic rings. The van der Waals surface area contributed by atoms with Crippen LogP contribution in [-0.2, 0) is 11.3 Å². The standard InChI is InChI=1S/C20H19ClFN3O3/c1-13(2)25(19(26)12-27-17-9-7-16(22)8-10-17)11-18-23-24-20(28-18)14-3-5-15(21)6-4-14/h3-10,13H,11-12H2,1-2H3. The molecular weight excluding hydrogens is 385 g/mol. The summed E-state index contributed by atoms with van der Waals surface area (Å²) in [5.74, 6) is 0.473. The summed E-state index contributed by atoms with van der Waals surface area (Å²) < 4.78 is 24.1. The van der Waals surface area contributed by atoms with E-state index in [0.29, 0.717) is 22.6 Å². The van der Waals surface area contributed by atoms with Crippen LogP contribution in [0.2, 0.25) is 5.02 Å². The predicted molar refractivity (Wildman–Crippen MR) is 102 cm³/mol. The van der Waals surface area contributed by atoms with E-state index in [1.807, 2.05) is 13.8 Å². The van der Waals surface area contributed by atoms with Crippen LogP contribution in [0.3, 0.4) is 0 Å². The van der Waals surface area contributed by atoms with Crippen LogP contribution in [0.25, 0.3) is 11.5 Å². The number of ether oxygens (including phenoxy) is 1. The third-order valence-corrected chi connectivity index (χ3v) is 4.24. The minimum Gasteiger partial charge on any atom is -0.484 e. The molecule has 0 N–H and O–H groups in total. The van der Waals surface area contributed by atoms with Crippen molar-refractivity contribution in [2.24, 2.45) is 0 Å². The molecule has 0 saturated heterocycles. The summed E-state index contributed by atoms with van der Waals surface area (Å²) in [6.45, 7) is 3.74. The maximum absolute atomic E-state index is 12.9. The highest BCUT2D eigenvalue weighted by Gasteiger charge is 2.21. The third kappa shape index (κ3) is 5.07. The number of halogens is 2. The Balaban J connectivity index is 1.64. The molecule has 2 aromatic carbocycles. The van der Waals surface area contributed by atoms with Crippen LogP contribution in [0.5, 0.6) is 5.75 Å². The first kappa shape index (κ1) is 19.8. The Morgan fingerprint density at radius 2 is 1.82 bits per heavy atom. The van der Waals surface area contributed by atoms with E-state index in [0.717, 1.165) is 5.56 Å². The fraction of sp³-hybridized carbons (Fsp3) is 0.250. The first-order valence-corrected chi connectivity index (χ1v) is 9.06. The van der Waals surface area contributed by atoms with E-state index < -0.39 is 0 Å². The maximum Gasteiger partial charge on any atom is 0.261 e. The molecule has 0 aliphatic carbocycles. The average Bonchev–Trinajstić information content (AvgIpc) is 3.14. The van der Waals surface area contributed by atoms with Gasteiger partial charge >= 0.3 is 0 Å². The van der Waals surface area contributed by atoms with Crippen LogP contribution >= 0.6 is 11.6 Å². The molecule has 8 heteroatoms. The monoisotopic (exact) mass is 403 g/mol. The molecule has 0 atom stereocenters. The first-order valence-electron chi connectivity index (χ1n) is 8.68. The zero-order chi connectivity index (χ0) is 20.1. The van der Waals surface area contributed by atoms with Crippen molar-refractivity contribution < 1.29 is 18.3 Å². The Morgan fingerprint density at radius 3 is 2.46 bits per heavy atom. The lowest BCUT2D eigenvalue weighted by Gasteiger charge is -2.25. The van der Waals surface area contributed by atoms with Gasteiger partial charge in [-0.3, -0.25) is 4.79 Å². The number of benzene rings is 2. The van der Waals surface area contributed by atoms with E-state index in [9.17, 15) is 9.18 Å². The van der Waals surface area contributed by atoms with Crippen molar-refractivity contribution >= 4 is 17.5 Å². The summed E-state index contributed by atoms with van der Waals surface area (Å²) in [5, 5.41) is 8.66. The molecule has 0 aliphatic heterocycles. The summed E-state index contributed by atoms with van der Waals surface area (Å²) >= 11 is 5.88. The summed E-state index contributed by atoms with van der Waals surface area (Å²) in [6.07, 6.45) is 0. The minimum absolute atomic E-state index is 0.102. The predicted octanol–water partition coefficient (Wildman–Crippen LogP) is 4.35. The fourth-order valence-corrected chi connectivity index (χ4v) is 2.62. The van der Waals surface area contributed by atoms with Crippen LogP contribution in [-0.4, -0.2) is 33.7 Å². The lowest BCUT2D eigenvalue weighted by Crippen LogP contribution is -2.39. The summed E-state index contributed by atoms with van der Waals surface area (Å²) in [5.41, 5.74) is 0.741. The van der Waals surface area contributed by atoms with Crippen LogP contribution in [0.1, 0.15) is 19.7 Å². The van der Waals surface area contributed by atoms with Crippen molar-refractivity contribution in [1.82, 2.24) is 15.1 Å². The highest BCUT2D eigenvalue weighted by atomic mass is 35.5. The molecule has 0 fully saturated rings. The number of nitrogens with zero attached hydrogens (tertiary/aromatic N) is 3. The van der Waals surface area contributed by atoms with Crippen molar-refractivity contribution in [2.75, 3.05) is 6.61 Å². The molecule has 6 nitrogen and oxygen atoms in total. The molecule has 28 heavy (non-hydrogen) atoms. The van der Waals surface area contributed by atoms with Gasteiger partial charge in [0.1, 0.15) is 11.6 Å². The summed E-state index contributed by atoms with van der Waals surface area (Å²) in [7, 11) is 0. The maximum atomic E-state index is 12.9. The van der Waals surface area contributed by atoms with E-state index in [1.165, 1.54) is 24.3 Å². The van der Waals surface area contributed by atoms with E-state index in [1.54, 1.807) is 29.2 Å². The molecule has 0 unspecified atom stereocenters. The molecular formula is C20H19ClFN3O3. The van der Waals surface area contributed by atoms with E-state index in [4.69, 9.17) is 20.8 Å². The zero-order valence-electron chi connectivity index (χ0n) is 15.4. The number of carbonyl (C=O) groups is 1. The Bertz CT molecular complexity index is 927. The molecule has 0 saturated carbocycles. The van der Waals surface area contributed by atoms with Gasteiger partial charge in [-0.2, -0.15) is 0 Å². The first-order chi connectivity index (χ1) is 13.4. The molecule has 0 spiro atoms. The smallest absolute Gasteiger partial charge is 0.261 e. The van der Waals surface area contributed by atoms with E-state index >= 15 is 0 Å². The molecule has 1 aromatic heterocycles. The largest absolute Gasteiger partial charge is 0.484 e. The van der Waals surface area contributed by atoms with Crippen molar-refractivity contribution in [1.29, 1.82) is 0 Å². The van der Waals surface area contributed by atoms with Gasteiger partial charge in [0, 0.05) is 16.6 Å². The second-order valence-electron chi connectivity index (χ2n) is 6.37. The Labute approximate surface area is 166 Å². The van der Waals surface area contributed by atoms with E-state index in [-0.39, 0.29) is 30.9 Å². The van der Waals surface area contributed by atoms with Crippen LogP contribution in [0, 0.1) is 5.82 Å². The Kier molecular flexibility index (Phi) is 6.26. The molecule has 3 aromatic rings. The van der Waals surface area contributed by atoms with Crippen molar-refractivity contribution in [2.45, 2.75) is 26.4 Å². The topological polar surface area (TPSA) is 68.5 Å². The second-order valence-corrected chi connectivity index (χ2v) is 6.80. The van der Waals surface area contributed by atoms with E-state index in [2.05, 4.69) is 10.2 Å². The SMILES string of the molecule is CC(C)N(Cc1nnc(-c2ccc(Cl)cc2)o1)C(=O)COc1ccc(F)cc1. The number of aromatic nitrogens is 2. The van der Waals surface area contributed by atoms with Gasteiger partial charge in [-0.05, 0) is 62.4 Å². The molecule has 3 rings (SSSR count). The van der Waals surface area contributed by atoms with Crippen LogP contribution in [0.15, 0.2) is 52.9 Å². The minimum atomic E-state index is -0.365. The second kappa shape index (κ2) is 8.84. The highest BCUT2D eigenvalue weighted by Crippen LogP contribution is 2.21. The highest BCUT2D eigenvalue weighted by molar-refractivity contribution is 6.30. The van der Waals surface area contributed by atoms with Gasteiger partial charge < -0.3 is 14.1 Å². The quantitative estimate of drug-likeness (QED) is 0.586. The molecule has 146 valence electrons. The van der Waals surface area contributed by atoms with Gasteiger partial charge in [-0.1, -0.05) is 11.6 Å². The van der Waals surface area contributed by atoms with Gasteiger partial charge in [0.15, 0.2) is 6.61 Å². The zero-order valence-corrected chi connectivity index (χ0v) is 16.2. The van der Waals surface area contributed by atoms with Gasteiger partial charge in [0.05, 0.1) is 6.54 Å². The number of carbonyl (C=O) groups excluding carboxylic acids is 1. The number of hydrogen-bond acceptors (Lipinski definition) is 5. The molecule has 0 bridgehead atoms. The van der Waals surface area contributed by atoms with Gasteiger partial charge in [0.25, 0.3) is 5.91 Å². The molecule has 0 radical (unpaired) electrons. The van der Waals surface area contributed by atoms with Crippen molar-refractivity contribution in [3.05, 3.63) is 65.3 Å². The number of rotatable bonds is 7. The summed E-state index contributed by atoms with van der Waals surface area (Å²) in [6, 6.07) is 12.4. The normalized spacial score (nSPS) is 10.9. The molecule has 1 amide bonds. The van der Waals surface area contributed by atoms with Gasteiger partial charge in [-0.25, -0.2) is 4.39 Å². The van der Waals surface area contributed by atoms with Gasteiger partial charge in [0.2, 0.25) is 11.8 Å². The van der Waals surface area contributed by atoms with Gasteiger partial charge in [-0.15, -0.1) is 10.2 Å². The van der Waals surface area contributed by atoms with Crippen molar-refractivity contribution in [3.63, 3.8) is 0 Å². The summed E-state index contributed by atoms with van der Waals surface area (Å²) in [4.78, 5) is 14.1. The lowest BCUT2D eigenvalue weighted by atomic mass is 10.2. The van der Waals surface area contributed by atoms with Crippen molar-refractivity contribution in [3.8, 4) is 17.2 Å². The Morgan fingerprint density at radius 1 is 1.14 bits per heavy atom. The van der Waals surface area contributed by atoms with Crippen LogP contribution in [0.4, 0.5) is 4.39 Å². The lowest BCUT2D eigenvalue weighted by molar-refractivity contribution is -0.136. The number of amides is 1.